The molecule has 0 bridgehead atoms. The number of nitrogens with one attached hydrogen (secondary N) is 1. The van der Waals surface area contributed by atoms with Crippen molar-refractivity contribution in [1.82, 2.24) is 9.88 Å². The van der Waals surface area contributed by atoms with Crippen LogP contribution in [0.3, 0.4) is 0 Å². The zero-order chi connectivity index (χ0) is 19.0. The van der Waals surface area contributed by atoms with Crippen LogP contribution in [-0.2, 0) is 16.1 Å². The summed E-state index contributed by atoms with van der Waals surface area (Å²) in [5, 5.41) is 3.49. The molecular formula is C21H21N3O2S. The molecule has 1 N–H and O–H groups in total. The summed E-state index contributed by atoms with van der Waals surface area (Å²) < 4.78 is 1.05. The number of amides is 2. The number of carbonyl (C=O) groups excluding carboxylic acids is 2. The van der Waals surface area contributed by atoms with E-state index in [0.29, 0.717) is 18.2 Å². The van der Waals surface area contributed by atoms with Gasteiger partial charge in [-0.15, -0.1) is 0 Å². The Balaban J connectivity index is 1.42. The van der Waals surface area contributed by atoms with Gasteiger partial charge in [-0.25, -0.2) is 4.98 Å². The lowest BCUT2D eigenvalue weighted by Crippen LogP contribution is -2.28. The lowest BCUT2D eigenvalue weighted by Gasteiger charge is -2.16. The molecule has 2 amide bonds. The fourth-order valence-corrected chi connectivity index (χ4v) is 4.31. The molecule has 27 heavy (non-hydrogen) atoms. The lowest BCUT2D eigenvalue weighted by atomic mass is 10.1. The molecule has 138 valence electrons. The maximum atomic E-state index is 12.6. The van der Waals surface area contributed by atoms with Gasteiger partial charge in [0.2, 0.25) is 11.8 Å². The van der Waals surface area contributed by atoms with Crippen LogP contribution in [0.2, 0.25) is 0 Å². The highest BCUT2D eigenvalue weighted by Crippen LogP contribution is 2.29. The minimum Gasteiger partial charge on any atom is -0.338 e. The average molecular weight is 379 g/mol. The summed E-state index contributed by atoms with van der Waals surface area (Å²) in [5.41, 5.74) is 4.28. The van der Waals surface area contributed by atoms with E-state index in [1.165, 1.54) is 16.9 Å². The number of anilines is 1. The first-order valence-electron chi connectivity index (χ1n) is 9.00. The van der Waals surface area contributed by atoms with E-state index in [4.69, 9.17) is 0 Å². The smallest absolute Gasteiger partial charge is 0.231 e. The van der Waals surface area contributed by atoms with E-state index in [2.05, 4.69) is 10.3 Å². The third-order valence-corrected chi connectivity index (χ3v) is 5.87. The Kier molecular flexibility index (Phi) is 4.66. The number of rotatable bonds is 4. The summed E-state index contributed by atoms with van der Waals surface area (Å²) in [6.45, 7) is 5.03. The first kappa shape index (κ1) is 17.7. The first-order valence-corrected chi connectivity index (χ1v) is 9.81. The molecule has 1 aromatic heterocycles. The molecule has 0 aliphatic carbocycles. The van der Waals surface area contributed by atoms with Crippen LogP contribution in [0.1, 0.15) is 23.1 Å². The van der Waals surface area contributed by atoms with Gasteiger partial charge in [-0.3, -0.25) is 9.59 Å². The second-order valence-electron chi connectivity index (χ2n) is 7.09. The maximum absolute atomic E-state index is 12.6. The van der Waals surface area contributed by atoms with E-state index < -0.39 is 0 Å². The Hall–Kier alpha value is -2.73. The van der Waals surface area contributed by atoms with Gasteiger partial charge in [0.25, 0.3) is 0 Å². The van der Waals surface area contributed by atoms with Crippen LogP contribution in [0.15, 0.2) is 42.5 Å². The fourth-order valence-electron chi connectivity index (χ4n) is 3.36. The first-order chi connectivity index (χ1) is 13.0. The molecule has 0 radical (unpaired) electrons. The molecule has 3 aromatic rings. The van der Waals surface area contributed by atoms with Gasteiger partial charge in [-0.05, 0) is 31.0 Å². The summed E-state index contributed by atoms with van der Waals surface area (Å²) in [7, 11) is 0. The Bertz CT molecular complexity index is 1010. The molecule has 6 heteroatoms. The molecular weight excluding hydrogens is 358 g/mol. The second kappa shape index (κ2) is 7.12. The summed E-state index contributed by atoms with van der Waals surface area (Å²) >= 11 is 1.46. The molecule has 1 aliphatic rings. The predicted octanol–water partition coefficient (Wildman–Crippen LogP) is 3.90. The largest absolute Gasteiger partial charge is 0.338 e. The molecule has 1 saturated heterocycles. The molecule has 4 rings (SSSR count). The number of fused-ring (bicyclic) bond motifs is 1. The van der Waals surface area contributed by atoms with Crippen molar-refractivity contribution >= 4 is 38.5 Å². The average Bonchev–Trinajstić information content (AvgIpc) is 3.21. The van der Waals surface area contributed by atoms with E-state index in [1.54, 1.807) is 4.90 Å². The van der Waals surface area contributed by atoms with Crippen LogP contribution in [0, 0.1) is 19.8 Å². The number of thiazole rings is 1. The highest BCUT2D eigenvalue weighted by Gasteiger charge is 2.34. The number of likely N-dealkylation sites (tertiary alicyclic amines) is 1. The van der Waals surface area contributed by atoms with Gasteiger partial charge in [0.1, 0.15) is 0 Å². The van der Waals surface area contributed by atoms with Crippen LogP contribution in [0.25, 0.3) is 10.2 Å². The van der Waals surface area contributed by atoms with Crippen LogP contribution in [0.4, 0.5) is 5.13 Å². The number of carbonyl (C=O) groups is 2. The van der Waals surface area contributed by atoms with E-state index in [-0.39, 0.29) is 24.2 Å². The number of hydrogen-bond acceptors (Lipinski definition) is 4. The standard InChI is InChI=1S/C21H21N3O2S/c1-13-6-8-15(9-7-13)11-24-12-16(10-18(24)25)20(26)23-21-22-19-14(2)4-3-5-17(19)27-21/h3-9,16H,10-12H2,1-2H3,(H,22,23,26)/t16-/m1/s1. The van der Waals surface area contributed by atoms with Crippen LogP contribution in [0.5, 0.6) is 0 Å². The monoisotopic (exact) mass is 379 g/mol. The van der Waals surface area contributed by atoms with E-state index in [0.717, 1.165) is 21.3 Å². The van der Waals surface area contributed by atoms with Crippen LogP contribution < -0.4 is 5.32 Å². The van der Waals surface area contributed by atoms with Gasteiger partial charge < -0.3 is 10.2 Å². The molecule has 0 unspecified atom stereocenters. The van der Waals surface area contributed by atoms with Gasteiger partial charge in [0.05, 0.1) is 16.1 Å². The number of nitrogens with zero attached hydrogens (tertiary/aromatic N) is 2. The van der Waals surface area contributed by atoms with Crippen molar-refractivity contribution in [3.05, 3.63) is 59.2 Å². The van der Waals surface area contributed by atoms with E-state index in [1.807, 2.05) is 56.3 Å². The zero-order valence-corrected chi connectivity index (χ0v) is 16.2. The molecule has 0 saturated carbocycles. The molecule has 2 aromatic carbocycles. The van der Waals surface area contributed by atoms with E-state index in [9.17, 15) is 9.59 Å². The molecule has 5 nitrogen and oxygen atoms in total. The topological polar surface area (TPSA) is 62.3 Å². The molecule has 2 heterocycles. The van der Waals surface area contributed by atoms with Gasteiger partial charge in [-0.1, -0.05) is 53.3 Å². The zero-order valence-electron chi connectivity index (χ0n) is 15.4. The van der Waals surface area contributed by atoms with Crippen LogP contribution in [-0.4, -0.2) is 28.2 Å². The third kappa shape index (κ3) is 3.71. The highest BCUT2D eigenvalue weighted by atomic mass is 32.1. The number of para-hydroxylation sites is 1. The maximum Gasteiger partial charge on any atom is 0.231 e. The van der Waals surface area contributed by atoms with Crippen LogP contribution >= 0.6 is 11.3 Å². The van der Waals surface area contributed by atoms with Crippen molar-refractivity contribution < 1.29 is 9.59 Å². The second-order valence-corrected chi connectivity index (χ2v) is 8.12. The Morgan fingerprint density at radius 2 is 2.00 bits per heavy atom. The normalized spacial score (nSPS) is 16.9. The summed E-state index contributed by atoms with van der Waals surface area (Å²) in [4.78, 5) is 31.3. The van der Waals surface area contributed by atoms with Crippen molar-refractivity contribution in [2.75, 3.05) is 11.9 Å². The van der Waals surface area contributed by atoms with Gasteiger partial charge in [0.15, 0.2) is 5.13 Å². The Labute approximate surface area is 162 Å². The Morgan fingerprint density at radius 3 is 2.74 bits per heavy atom. The molecule has 1 atom stereocenters. The molecule has 1 aliphatic heterocycles. The Morgan fingerprint density at radius 1 is 1.22 bits per heavy atom. The third-order valence-electron chi connectivity index (χ3n) is 4.93. The number of aryl methyl sites for hydroxylation is 2. The van der Waals surface area contributed by atoms with Crippen molar-refractivity contribution in [3.8, 4) is 0 Å². The summed E-state index contributed by atoms with van der Waals surface area (Å²) in [5.74, 6) is -0.446. The SMILES string of the molecule is Cc1ccc(CN2C[C@H](C(=O)Nc3nc4c(C)cccc4s3)CC2=O)cc1. The number of benzene rings is 2. The van der Waals surface area contributed by atoms with Crippen molar-refractivity contribution in [2.24, 2.45) is 5.92 Å². The van der Waals surface area contributed by atoms with Gasteiger partial charge >= 0.3 is 0 Å². The minimum atomic E-state index is -0.337. The fraction of sp³-hybridized carbons (Fsp3) is 0.286. The number of aromatic nitrogens is 1. The van der Waals surface area contributed by atoms with Crippen molar-refractivity contribution in [1.29, 1.82) is 0 Å². The van der Waals surface area contributed by atoms with Crippen molar-refractivity contribution in [2.45, 2.75) is 26.8 Å². The van der Waals surface area contributed by atoms with E-state index >= 15 is 0 Å². The number of hydrogen-bond donors (Lipinski definition) is 1. The lowest BCUT2D eigenvalue weighted by molar-refractivity contribution is -0.128. The molecule has 0 spiro atoms. The highest BCUT2D eigenvalue weighted by molar-refractivity contribution is 7.22. The van der Waals surface area contributed by atoms with Gasteiger partial charge in [-0.2, -0.15) is 0 Å². The predicted molar refractivity (Wildman–Crippen MR) is 108 cm³/mol. The summed E-state index contributed by atoms with van der Waals surface area (Å²) in [6.07, 6.45) is 0.252. The molecule has 1 fully saturated rings. The summed E-state index contributed by atoms with van der Waals surface area (Å²) in [6, 6.07) is 14.1. The van der Waals surface area contributed by atoms with Gasteiger partial charge in [0, 0.05) is 19.5 Å². The minimum absolute atomic E-state index is 0.0240. The quantitative estimate of drug-likeness (QED) is 0.748. The van der Waals surface area contributed by atoms with Crippen molar-refractivity contribution in [3.63, 3.8) is 0 Å².